The van der Waals surface area contributed by atoms with Crippen molar-refractivity contribution in [2.75, 3.05) is 26.3 Å². The van der Waals surface area contributed by atoms with E-state index in [9.17, 15) is 9.59 Å². The van der Waals surface area contributed by atoms with E-state index in [4.69, 9.17) is 21.9 Å². The molecule has 9 nitrogen and oxygen atoms in total. The Hall–Kier alpha value is -4.17. The highest BCUT2D eigenvalue weighted by atomic mass is 35.5. The van der Waals surface area contributed by atoms with Gasteiger partial charge in [0, 0.05) is 28.9 Å². The van der Waals surface area contributed by atoms with Gasteiger partial charge >= 0.3 is 6.03 Å². The van der Waals surface area contributed by atoms with Crippen molar-refractivity contribution in [3.8, 4) is 0 Å². The van der Waals surface area contributed by atoms with Crippen LogP contribution >= 0.6 is 11.6 Å². The van der Waals surface area contributed by atoms with Gasteiger partial charge in [-0.1, -0.05) is 89.5 Å². The van der Waals surface area contributed by atoms with E-state index in [2.05, 4.69) is 49.9 Å². The number of hydrogen-bond acceptors (Lipinski definition) is 4. The Morgan fingerprint density at radius 1 is 1.08 bits per heavy atom. The molecule has 10 heteroatoms. The predicted molar refractivity (Wildman–Crippen MR) is 151 cm³/mol. The van der Waals surface area contributed by atoms with E-state index >= 15 is 0 Å². The maximum Gasteiger partial charge on any atom is 0.341 e. The first-order chi connectivity index (χ1) is 19.1. The lowest BCUT2D eigenvalue weighted by Crippen LogP contribution is -2.49. The van der Waals surface area contributed by atoms with E-state index in [0.29, 0.717) is 29.3 Å². The van der Waals surface area contributed by atoms with Crippen LogP contribution in [0.3, 0.4) is 0 Å². The average Bonchev–Trinajstić information content (AvgIpc) is 2.95. The quantitative estimate of drug-likeness (QED) is 0.129. The molecule has 2 N–H and O–H groups in total. The number of nitrogens with zero attached hydrogens (tertiary/aromatic N) is 4. The van der Waals surface area contributed by atoms with Crippen LogP contribution in [-0.4, -0.2) is 44.0 Å². The van der Waals surface area contributed by atoms with Gasteiger partial charge in [-0.2, -0.15) is 4.99 Å². The number of carbonyl (C=O) groups is 2. The molecule has 2 unspecified atom stereocenters. The molecule has 0 fully saturated rings. The van der Waals surface area contributed by atoms with E-state index in [-0.39, 0.29) is 31.6 Å². The summed E-state index contributed by atoms with van der Waals surface area (Å²) in [6.45, 7) is 0.618. The standard InChI is InChI=1S/C29H29ClN6O3/c30-23-13-7-12-22(18-23)27-26(25(34-29(38)35-27)19-39-17-16-33-36-31)28(37)32-15-14-24(20-8-3-1-4-9-20)21-10-5-2-6-11-21/h1-13,18,24,26-27H,14-17,19H2,(H,32,37)(H,35,38). The highest BCUT2D eigenvalue weighted by Crippen LogP contribution is 2.30. The van der Waals surface area contributed by atoms with Crippen molar-refractivity contribution in [1.82, 2.24) is 10.6 Å². The van der Waals surface area contributed by atoms with Crippen LogP contribution in [0.2, 0.25) is 5.02 Å². The largest absolute Gasteiger partial charge is 0.375 e. The van der Waals surface area contributed by atoms with Crippen LogP contribution in [0.25, 0.3) is 10.4 Å². The van der Waals surface area contributed by atoms with E-state index in [0.717, 1.165) is 11.1 Å². The van der Waals surface area contributed by atoms with Gasteiger partial charge in [0.1, 0.15) is 5.92 Å². The molecule has 0 saturated carbocycles. The Morgan fingerprint density at radius 3 is 2.41 bits per heavy atom. The topological polar surface area (TPSA) is 129 Å². The molecular formula is C29H29ClN6O3. The zero-order valence-corrected chi connectivity index (χ0v) is 22.0. The third kappa shape index (κ3) is 7.67. The van der Waals surface area contributed by atoms with Crippen molar-refractivity contribution in [3.63, 3.8) is 0 Å². The van der Waals surface area contributed by atoms with Gasteiger partial charge in [0.25, 0.3) is 0 Å². The molecule has 1 aliphatic heterocycles. The summed E-state index contributed by atoms with van der Waals surface area (Å²) in [5.41, 5.74) is 11.8. The van der Waals surface area contributed by atoms with Gasteiger partial charge in [-0.15, -0.1) is 0 Å². The number of azide groups is 1. The highest BCUT2D eigenvalue weighted by Gasteiger charge is 2.38. The molecule has 0 spiro atoms. The maximum atomic E-state index is 13.7. The lowest BCUT2D eigenvalue weighted by Gasteiger charge is -2.32. The predicted octanol–water partition coefficient (Wildman–Crippen LogP) is 5.83. The summed E-state index contributed by atoms with van der Waals surface area (Å²) in [5, 5.41) is 9.82. The van der Waals surface area contributed by atoms with E-state index < -0.39 is 18.0 Å². The van der Waals surface area contributed by atoms with E-state index in [1.54, 1.807) is 18.2 Å². The second kappa shape index (κ2) is 14.1. The third-order valence-electron chi connectivity index (χ3n) is 6.49. The number of amides is 3. The van der Waals surface area contributed by atoms with Gasteiger partial charge in [-0.05, 0) is 40.8 Å². The van der Waals surface area contributed by atoms with Gasteiger partial charge in [-0.3, -0.25) is 4.79 Å². The molecule has 0 aliphatic carbocycles. The number of halogens is 1. The van der Waals surface area contributed by atoms with Gasteiger partial charge in [0.2, 0.25) is 5.91 Å². The Balaban J connectivity index is 1.53. The van der Waals surface area contributed by atoms with Gasteiger partial charge in [0.05, 0.1) is 25.0 Å². The number of urea groups is 1. The summed E-state index contributed by atoms with van der Waals surface area (Å²) in [7, 11) is 0. The lowest BCUT2D eigenvalue weighted by molar-refractivity contribution is -0.123. The number of benzene rings is 3. The monoisotopic (exact) mass is 544 g/mol. The fraction of sp³-hybridized carbons (Fsp3) is 0.276. The Labute approximate surface area is 231 Å². The smallest absolute Gasteiger partial charge is 0.341 e. The van der Waals surface area contributed by atoms with Crippen molar-refractivity contribution in [2.24, 2.45) is 16.0 Å². The second-order valence-electron chi connectivity index (χ2n) is 9.02. The fourth-order valence-electron chi connectivity index (χ4n) is 4.71. The average molecular weight is 545 g/mol. The van der Waals surface area contributed by atoms with Crippen LogP contribution in [0.15, 0.2) is 95.0 Å². The molecule has 200 valence electrons. The zero-order valence-electron chi connectivity index (χ0n) is 21.2. The highest BCUT2D eigenvalue weighted by molar-refractivity contribution is 6.30. The first-order valence-electron chi connectivity index (χ1n) is 12.7. The molecule has 3 aromatic rings. The molecule has 3 amide bonds. The third-order valence-corrected chi connectivity index (χ3v) is 6.73. The molecule has 2 atom stereocenters. The molecular weight excluding hydrogens is 516 g/mol. The minimum absolute atomic E-state index is 0.0554. The van der Waals surface area contributed by atoms with Gasteiger partial charge < -0.3 is 15.4 Å². The number of carbonyl (C=O) groups excluding carboxylic acids is 2. The second-order valence-corrected chi connectivity index (χ2v) is 9.46. The molecule has 1 aliphatic rings. The Morgan fingerprint density at radius 2 is 1.77 bits per heavy atom. The summed E-state index contributed by atoms with van der Waals surface area (Å²) in [6.07, 6.45) is 0.676. The van der Waals surface area contributed by atoms with Crippen molar-refractivity contribution < 1.29 is 14.3 Å². The molecule has 4 rings (SSSR count). The number of rotatable bonds is 12. The SMILES string of the molecule is [N-]=[N+]=NCCOCC1=NC(=O)NC(c2cccc(Cl)c2)C1C(=O)NCCC(c1ccccc1)c1ccccc1. The summed E-state index contributed by atoms with van der Waals surface area (Å²) in [4.78, 5) is 32.9. The minimum Gasteiger partial charge on any atom is -0.375 e. The number of nitrogens with one attached hydrogen (secondary N) is 2. The van der Waals surface area contributed by atoms with Crippen LogP contribution in [0.4, 0.5) is 4.79 Å². The molecule has 0 aromatic heterocycles. The van der Waals surface area contributed by atoms with E-state index in [1.807, 2.05) is 42.5 Å². The van der Waals surface area contributed by atoms with Crippen LogP contribution in [0.1, 0.15) is 35.1 Å². The van der Waals surface area contributed by atoms with Gasteiger partial charge in [0.15, 0.2) is 0 Å². The summed E-state index contributed by atoms with van der Waals surface area (Å²) in [6, 6.07) is 26.1. The van der Waals surface area contributed by atoms with Crippen molar-refractivity contribution in [3.05, 3.63) is 117 Å². The van der Waals surface area contributed by atoms with Crippen molar-refractivity contribution in [1.29, 1.82) is 0 Å². The Kier molecular flexibility index (Phi) is 10.1. The first-order valence-corrected chi connectivity index (χ1v) is 13.0. The zero-order chi connectivity index (χ0) is 27.5. The number of hydrogen-bond donors (Lipinski definition) is 2. The lowest BCUT2D eigenvalue weighted by atomic mass is 9.86. The summed E-state index contributed by atoms with van der Waals surface area (Å²) < 4.78 is 5.59. The van der Waals surface area contributed by atoms with Crippen LogP contribution < -0.4 is 10.6 Å². The minimum atomic E-state index is -0.812. The summed E-state index contributed by atoms with van der Waals surface area (Å²) >= 11 is 6.22. The Bertz CT molecular complexity index is 1310. The molecule has 39 heavy (non-hydrogen) atoms. The van der Waals surface area contributed by atoms with E-state index in [1.165, 1.54) is 0 Å². The normalized spacial score (nSPS) is 16.7. The molecule has 0 radical (unpaired) electrons. The maximum absolute atomic E-state index is 13.7. The molecule has 0 bridgehead atoms. The molecule has 0 saturated heterocycles. The number of ether oxygens (including phenoxy) is 1. The fourth-order valence-corrected chi connectivity index (χ4v) is 4.91. The first kappa shape index (κ1) is 27.9. The van der Waals surface area contributed by atoms with Crippen LogP contribution in [0, 0.1) is 5.92 Å². The van der Waals surface area contributed by atoms with Crippen LogP contribution in [-0.2, 0) is 9.53 Å². The summed E-state index contributed by atoms with van der Waals surface area (Å²) in [5.74, 6) is -0.996. The van der Waals surface area contributed by atoms with Crippen molar-refractivity contribution >= 4 is 29.3 Å². The molecule has 1 heterocycles. The van der Waals surface area contributed by atoms with Gasteiger partial charge in [-0.25, -0.2) is 4.79 Å². The van der Waals surface area contributed by atoms with Crippen molar-refractivity contribution in [2.45, 2.75) is 18.4 Å². The van der Waals surface area contributed by atoms with Crippen LogP contribution in [0.5, 0.6) is 0 Å². The molecule has 3 aromatic carbocycles. The number of aliphatic imine (C=N–C) groups is 1.